The topological polar surface area (TPSA) is 69.7 Å². The predicted octanol–water partition coefficient (Wildman–Crippen LogP) is 1.31. The van der Waals surface area contributed by atoms with Gasteiger partial charge >= 0.3 is 0 Å². The SMILES string of the molecule is C=C1CCC(N(C)C(=O)c2cc3c(cc2C=O)CN(C)C3)C(=O)N1. The lowest BCUT2D eigenvalue weighted by molar-refractivity contribution is -0.125. The quantitative estimate of drug-likeness (QED) is 0.850. The molecule has 6 nitrogen and oxygen atoms in total. The van der Waals surface area contributed by atoms with E-state index in [9.17, 15) is 14.4 Å². The van der Waals surface area contributed by atoms with Gasteiger partial charge in [0.2, 0.25) is 5.91 Å². The van der Waals surface area contributed by atoms with E-state index in [1.54, 1.807) is 19.2 Å². The molecular weight excluding hydrogens is 306 g/mol. The number of nitrogens with zero attached hydrogens (tertiary/aromatic N) is 2. The molecule has 0 saturated carbocycles. The van der Waals surface area contributed by atoms with E-state index in [-0.39, 0.29) is 11.8 Å². The molecule has 1 aromatic carbocycles. The van der Waals surface area contributed by atoms with Crippen LogP contribution in [0.3, 0.4) is 0 Å². The normalized spacial score (nSPS) is 20.5. The summed E-state index contributed by atoms with van der Waals surface area (Å²) in [5.74, 6) is -0.530. The molecule has 1 saturated heterocycles. The second-order valence-electron chi connectivity index (χ2n) is 6.56. The third kappa shape index (κ3) is 2.85. The molecule has 2 amide bonds. The van der Waals surface area contributed by atoms with E-state index in [4.69, 9.17) is 0 Å². The lowest BCUT2D eigenvalue weighted by atomic mass is 9.98. The van der Waals surface area contributed by atoms with Crippen molar-refractivity contribution < 1.29 is 14.4 Å². The Hall–Kier alpha value is -2.47. The van der Waals surface area contributed by atoms with Gasteiger partial charge in [0, 0.05) is 31.4 Å². The summed E-state index contributed by atoms with van der Waals surface area (Å²) < 4.78 is 0. The zero-order valence-electron chi connectivity index (χ0n) is 14.0. The zero-order valence-corrected chi connectivity index (χ0v) is 14.0. The number of fused-ring (bicyclic) bond motifs is 1. The number of likely N-dealkylation sites (N-methyl/N-ethyl adjacent to an activating group) is 1. The zero-order chi connectivity index (χ0) is 17.4. The molecular formula is C18H21N3O3. The van der Waals surface area contributed by atoms with Crippen LogP contribution in [-0.2, 0) is 17.9 Å². The fourth-order valence-electron chi connectivity index (χ4n) is 3.39. The average Bonchev–Trinajstić information content (AvgIpc) is 2.91. The van der Waals surface area contributed by atoms with Crippen LogP contribution in [0.4, 0.5) is 0 Å². The molecule has 1 aromatic rings. The Labute approximate surface area is 141 Å². The van der Waals surface area contributed by atoms with Gasteiger partial charge in [-0.1, -0.05) is 6.58 Å². The molecule has 2 aliphatic rings. The van der Waals surface area contributed by atoms with Gasteiger partial charge in [-0.05, 0) is 43.1 Å². The van der Waals surface area contributed by atoms with E-state index in [0.29, 0.717) is 36.0 Å². The smallest absolute Gasteiger partial charge is 0.255 e. The number of aldehydes is 1. The summed E-state index contributed by atoms with van der Waals surface area (Å²) in [6.45, 7) is 5.27. The fraction of sp³-hybridized carbons (Fsp3) is 0.389. The van der Waals surface area contributed by atoms with Crippen molar-refractivity contribution in [1.82, 2.24) is 15.1 Å². The van der Waals surface area contributed by atoms with Crippen molar-refractivity contribution in [3.05, 3.63) is 46.7 Å². The van der Waals surface area contributed by atoms with Gasteiger partial charge < -0.3 is 10.2 Å². The molecule has 0 bridgehead atoms. The number of piperidine rings is 1. The first-order valence-corrected chi connectivity index (χ1v) is 7.96. The maximum atomic E-state index is 12.9. The molecule has 1 atom stereocenters. The minimum atomic E-state index is -0.543. The van der Waals surface area contributed by atoms with Crippen LogP contribution in [0.15, 0.2) is 24.4 Å². The van der Waals surface area contributed by atoms with Gasteiger partial charge in [-0.25, -0.2) is 0 Å². The Balaban J connectivity index is 1.89. The molecule has 3 rings (SSSR count). The van der Waals surface area contributed by atoms with Crippen LogP contribution < -0.4 is 5.32 Å². The molecule has 2 heterocycles. The number of amides is 2. The fourth-order valence-corrected chi connectivity index (χ4v) is 3.39. The highest BCUT2D eigenvalue weighted by Gasteiger charge is 2.32. The lowest BCUT2D eigenvalue weighted by Crippen LogP contribution is -2.50. The van der Waals surface area contributed by atoms with Crippen LogP contribution in [0.5, 0.6) is 0 Å². The van der Waals surface area contributed by atoms with Crippen molar-refractivity contribution in [1.29, 1.82) is 0 Å². The van der Waals surface area contributed by atoms with Crippen LogP contribution in [0.2, 0.25) is 0 Å². The number of benzene rings is 1. The third-order valence-electron chi connectivity index (χ3n) is 4.72. The standard InChI is InChI=1S/C18H21N3O3/c1-11-4-5-16(17(23)19-11)21(3)18(24)15-7-13-9-20(2)8-12(13)6-14(15)10-22/h6-7,10,16H,1,4-5,8-9H2,2-3H3,(H,19,23). The van der Waals surface area contributed by atoms with Crippen molar-refractivity contribution in [2.24, 2.45) is 0 Å². The maximum Gasteiger partial charge on any atom is 0.255 e. The Morgan fingerprint density at radius 3 is 2.67 bits per heavy atom. The number of allylic oxidation sites excluding steroid dienone is 1. The summed E-state index contributed by atoms with van der Waals surface area (Å²) in [6.07, 6.45) is 1.89. The van der Waals surface area contributed by atoms with Crippen LogP contribution in [0.1, 0.15) is 44.7 Å². The number of nitrogens with one attached hydrogen (secondary N) is 1. The molecule has 24 heavy (non-hydrogen) atoms. The van der Waals surface area contributed by atoms with E-state index in [1.165, 1.54) is 4.90 Å². The Kier molecular flexibility index (Phi) is 4.24. The third-order valence-corrected chi connectivity index (χ3v) is 4.72. The van der Waals surface area contributed by atoms with Gasteiger partial charge in [-0.2, -0.15) is 0 Å². The highest BCUT2D eigenvalue weighted by Crippen LogP contribution is 2.26. The summed E-state index contributed by atoms with van der Waals surface area (Å²) >= 11 is 0. The van der Waals surface area contributed by atoms with Crippen LogP contribution in [-0.4, -0.2) is 48.0 Å². The van der Waals surface area contributed by atoms with Crippen LogP contribution >= 0.6 is 0 Å². The molecule has 126 valence electrons. The highest BCUT2D eigenvalue weighted by atomic mass is 16.2. The number of hydrogen-bond donors (Lipinski definition) is 1. The predicted molar refractivity (Wildman–Crippen MR) is 89.4 cm³/mol. The van der Waals surface area contributed by atoms with Gasteiger partial charge in [0.15, 0.2) is 6.29 Å². The Morgan fingerprint density at radius 2 is 2.04 bits per heavy atom. The van der Waals surface area contributed by atoms with Gasteiger partial charge in [0.25, 0.3) is 5.91 Å². The number of rotatable bonds is 3. The van der Waals surface area contributed by atoms with Crippen molar-refractivity contribution in [2.75, 3.05) is 14.1 Å². The molecule has 2 aliphatic heterocycles. The van der Waals surface area contributed by atoms with Crippen LogP contribution in [0.25, 0.3) is 0 Å². The van der Waals surface area contributed by atoms with E-state index in [1.807, 2.05) is 7.05 Å². The summed E-state index contributed by atoms with van der Waals surface area (Å²) in [5, 5.41) is 2.69. The minimum absolute atomic E-state index is 0.226. The minimum Gasteiger partial charge on any atom is -0.330 e. The molecule has 1 fully saturated rings. The van der Waals surface area contributed by atoms with E-state index in [0.717, 1.165) is 24.2 Å². The highest BCUT2D eigenvalue weighted by molar-refractivity contribution is 6.03. The first kappa shape index (κ1) is 16.4. The van der Waals surface area contributed by atoms with Crippen molar-refractivity contribution in [2.45, 2.75) is 32.0 Å². The van der Waals surface area contributed by atoms with Crippen LogP contribution in [0, 0.1) is 0 Å². The Bertz CT molecular complexity index is 741. The van der Waals surface area contributed by atoms with E-state index < -0.39 is 6.04 Å². The molecule has 0 spiro atoms. The van der Waals surface area contributed by atoms with Gasteiger partial charge in [0.05, 0.1) is 5.56 Å². The number of carbonyl (C=O) groups is 3. The van der Waals surface area contributed by atoms with E-state index >= 15 is 0 Å². The molecule has 0 aliphatic carbocycles. The Morgan fingerprint density at radius 1 is 1.38 bits per heavy atom. The molecule has 0 aromatic heterocycles. The summed E-state index contributed by atoms with van der Waals surface area (Å²) in [4.78, 5) is 40.0. The number of carbonyl (C=O) groups excluding carboxylic acids is 3. The summed E-state index contributed by atoms with van der Waals surface area (Å²) in [7, 11) is 3.60. The van der Waals surface area contributed by atoms with Crippen molar-refractivity contribution in [3.8, 4) is 0 Å². The number of hydrogen-bond acceptors (Lipinski definition) is 4. The van der Waals surface area contributed by atoms with E-state index in [2.05, 4.69) is 16.8 Å². The molecule has 1 unspecified atom stereocenters. The lowest BCUT2D eigenvalue weighted by Gasteiger charge is -2.31. The van der Waals surface area contributed by atoms with Gasteiger partial charge in [0.1, 0.15) is 6.04 Å². The molecule has 6 heteroatoms. The van der Waals surface area contributed by atoms with Gasteiger partial charge in [-0.15, -0.1) is 0 Å². The van der Waals surface area contributed by atoms with Crippen molar-refractivity contribution in [3.63, 3.8) is 0 Å². The largest absolute Gasteiger partial charge is 0.330 e. The summed E-state index contributed by atoms with van der Waals surface area (Å²) in [5.41, 5.74) is 3.54. The molecule has 1 N–H and O–H groups in total. The average molecular weight is 327 g/mol. The summed E-state index contributed by atoms with van der Waals surface area (Å²) in [6, 6.07) is 3.04. The first-order chi connectivity index (χ1) is 11.4. The molecule has 0 radical (unpaired) electrons. The van der Waals surface area contributed by atoms with Crippen molar-refractivity contribution >= 4 is 18.1 Å². The second-order valence-corrected chi connectivity index (χ2v) is 6.56. The van der Waals surface area contributed by atoms with Gasteiger partial charge in [-0.3, -0.25) is 19.3 Å². The monoisotopic (exact) mass is 327 g/mol. The first-order valence-electron chi connectivity index (χ1n) is 7.96. The second kappa shape index (κ2) is 6.20. The maximum absolute atomic E-state index is 12.9.